The maximum atomic E-state index is 5.77. The van der Waals surface area contributed by atoms with Crippen LogP contribution in [0, 0.1) is 5.92 Å². The Balaban J connectivity index is 1.81. The smallest absolute Gasteiger partial charge is 0.195 e. The van der Waals surface area contributed by atoms with Gasteiger partial charge in [0.25, 0.3) is 0 Å². The molecule has 1 saturated heterocycles. The van der Waals surface area contributed by atoms with E-state index in [1.807, 2.05) is 0 Å². The summed E-state index contributed by atoms with van der Waals surface area (Å²) in [7, 11) is 4.36. The van der Waals surface area contributed by atoms with Crippen LogP contribution in [0.3, 0.4) is 0 Å². The van der Waals surface area contributed by atoms with Gasteiger partial charge < -0.3 is 15.5 Å². The van der Waals surface area contributed by atoms with E-state index in [0.29, 0.717) is 6.54 Å². The Bertz CT molecular complexity index is 575. The minimum absolute atomic E-state index is 0.663. The topological polar surface area (TPSA) is 49.8 Å². The lowest BCUT2D eigenvalue weighted by atomic mass is 10.1. The fourth-order valence-corrected chi connectivity index (χ4v) is 3.87. The number of thiazole rings is 1. The summed E-state index contributed by atoms with van der Waals surface area (Å²) in [5.41, 5.74) is 7.02. The highest BCUT2D eigenvalue weighted by molar-refractivity contribution is 7.15. The molecule has 3 rings (SSSR count). The summed E-state index contributed by atoms with van der Waals surface area (Å²) < 4.78 is 2.18. The monoisotopic (exact) mass is 293 g/mol. The van der Waals surface area contributed by atoms with E-state index in [1.54, 1.807) is 11.3 Å². The normalized spacial score (nSPS) is 20.1. The Labute approximate surface area is 124 Å². The molecule has 110 valence electrons. The average molecular weight is 293 g/mol. The van der Waals surface area contributed by atoms with E-state index >= 15 is 0 Å². The first-order chi connectivity index (χ1) is 9.69. The Morgan fingerprint density at radius 2 is 2.40 bits per heavy atom. The van der Waals surface area contributed by atoms with Crippen molar-refractivity contribution in [2.45, 2.75) is 12.8 Å². The van der Waals surface area contributed by atoms with Crippen LogP contribution < -0.4 is 10.6 Å². The molecule has 2 N–H and O–H groups in total. The zero-order valence-corrected chi connectivity index (χ0v) is 13.1. The molecule has 1 fully saturated rings. The Morgan fingerprint density at radius 1 is 1.55 bits per heavy atom. The van der Waals surface area contributed by atoms with Gasteiger partial charge in [-0.25, -0.2) is 4.98 Å². The lowest BCUT2D eigenvalue weighted by Crippen LogP contribution is -2.28. The molecule has 0 saturated carbocycles. The van der Waals surface area contributed by atoms with Gasteiger partial charge in [0.05, 0.1) is 5.69 Å². The molecular formula is C14H23N5S. The number of aromatic nitrogens is 2. The van der Waals surface area contributed by atoms with Crippen molar-refractivity contribution in [3.8, 4) is 0 Å². The van der Waals surface area contributed by atoms with Crippen molar-refractivity contribution in [1.82, 2.24) is 14.3 Å². The van der Waals surface area contributed by atoms with E-state index in [4.69, 9.17) is 10.7 Å². The zero-order chi connectivity index (χ0) is 14.1. The summed E-state index contributed by atoms with van der Waals surface area (Å²) in [6.45, 7) is 4.15. The number of hydrogen-bond acceptors (Lipinski definition) is 5. The predicted octanol–water partition coefficient (Wildman–Crippen LogP) is 1.28. The van der Waals surface area contributed by atoms with Crippen LogP contribution in [-0.2, 0) is 6.42 Å². The summed E-state index contributed by atoms with van der Waals surface area (Å²) in [6, 6.07) is 0. The van der Waals surface area contributed by atoms with Crippen LogP contribution in [0.2, 0.25) is 0 Å². The first-order valence-electron chi connectivity index (χ1n) is 7.23. The van der Waals surface area contributed by atoms with Crippen molar-refractivity contribution in [3.05, 3.63) is 17.3 Å². The molecule has 0 radical (unpaired) electrons. The van der Waals surface area contributed by atoms with Gasteiger partial charge in [0.2, 0.25) is 0 Å². The zero-order valence-electron chi connectivity index (χ0n) is 12.2. The quantitative estimate of drug-likeness (QED) is 0.902. The molecule has 5 nitrogen and oxygen atoms in total. The molecule has 6 heteroatoms. The van der Waals surface area contributed by atoms with Crippen LogP contribution in [0.4, 0.5) is 5.82 Å². The second kappa shape index (κ2) is 5.71. The highest BCUT2D eigenvalue weighted by Gasteiger charge is 2.23. The molecular weight excluding hydrogens is 270 g/mol. The first-order valence-corrected chi connectivity index (χ1v) is 8.11. The molecule has 0 amide bonds. The summed E-state index contributed by atoms with van der Waals surface area (Å²) in [4.78, 5) is 10.6. The molecule has 2 aromatic heterocycles. The molecule has 1 aliphatic rings. The number of anilines is 1. The standard InChI is InChI=1S/C14H23N5S/c1-17-6-4-11(9-17)10-18(2)13-12(3-5-15)19-7-8-20-14(19)16-13/h7-8,11H,3-6,9-10,15H2,1-2H3. The van der Waals surface area contributed by atoms with E-state index in [0.717, 1.165) is 29.7 Å². The Kier molecular flexibility index (Phi) is 3.96. The molecule has 1 unspecified atom stereocenters. The molecule has 20 heavy (non-hydrogen) atoms. The fourth-order valence-electron chi connectivity index (χ4n) is 3.14. The molecule has 0 bridgehead atoms. The lowest BCUT2D eigenvalue weighted by Gasteiger charge is -2.22. The SMILES string of the molecule is CN1CCC(CN(C)c2nc3sccn3c2CCN)C1. The van der Waals surface area contributed by atoms with Gasteiger partial charge >= 0.3 is 0 Å². The van der Waals surface area contributed by atoms with Crippen LogP contribution in [0.1, 0.15) is 12.1 Å². The third kappa shape index (κ3) is 2.55. The van der Waals surface area contributed by atoms with Crippen molar-refractivity contribution in [2.75, 3.05) is 45.2 Å². The third-order valence-corrected chi connectivity index (χ3v) is 4.86. The van der Waals surface area contributed by atoms with Crippen LogP contribution >= 0.6 is 11.3 Å². The molecule has 3 heterocycles. The second-order valence-electron chi connectivity index (χ2n) is 5.77. The summed E-state index contributed by atoms with van der Waals surface area (Å²) in [5.74, 6) is 1.85. The van der Waals surface area contributed by atoms with E-state index < -0.39 is 0 Å². The van der Waals surface area contributed by atoms with Crippen molar-refractivity contribution >= 4 is 22.1 Å². The van der Waals surface area contributed by atoms with Gasteiger partial charge in [0, 0.05) is 38.1 Å². The number of imidazole rings is 1. The minimum atomic E-state index is 0.663. The maximum Gasteiger partial charge on any atom is 0.195 e. The minimum Gasteiger partial charge on any atom is -0.358 e. The van der Waals surface area contributed by atoms with Crippen LogP contribution in [0.25, 0.3) is 4.96 Å². The van der Waals surface area contributed by atoms with Crippen molar-refractivity contribution in [2.24, 2.45) is 11.7 Å². The summed E-state index contributed by atoms with van der Waals surface area (Å²) in [5, 5.41) is 2.08. The fraction of sp³-hybridized carbons (Fsp3) is 0.643. The van der Waals surface area contributed by atoms with Crippen LogP contribution in [0.5, 0.6) is 0 Å². The number of nitrogens with zero attached hydrogens (tertiary/aromatic N) is 4. The van der Waals surface area contributed by atoms with Crippen LogP contribution in [0.15, 0.2) is 11.6 Å². The van der Waals surface area contributed by atoms with E-state index in [2.05, 4.69) is 39.9 Å². The molecule has 0 aliphatic carbocycles. The maximum absolute atomic E-state index is 5.77. The van der Waals surface area contributed by atoms with Crippen LogP contribution in [-0.4, -0.2) is 54.6 Å². The Morgan fingerprint density at radius 3 is 3.10 bits per heavy atom. The number of likely N-dealkylation sites (tertiary alicyclic amines) is 1. The first kappa shape index (κ1) is 13.9. The molecule has 2 aromatic rings. The molecule has 1 atom stereocenters. The highest BCUT2D eigenvalue weighted by Crippen LogP contribution is 2.26. The highest BCUT2D eigenvalue weighted by atomic mass is 32.1. The number of fused-ring (bicyclic) bond motifs is 1. The van der Waals surface area contributed by atoms with Crippen molar-refractivity contribution in [3.63, 3.8) is 0 Å². The van der Waals surface area contributed by atoms with Crippen molar-refractivity contribution in [1.29, 1.82) is 0 Å². The number of nitrogens with two attached hydrogens (primary N) is 1. The molecule has 0 spiro atoms. The van der Waals surface area contributed by atoms with Crippen molar-refractivity contribution < 1.29 is 0 Å². The summed E-state index contributed by atoms with van der Waals surface area (Å²) >= 11 is 1.68. The van der Waals surface area contributed by atoms with Gasteiger partial charge in [-0.2, -0.15) is 0 Å². The van der Waals surface area contributed by atoms with Gasteiger partial charge in [-0.1, -0.05) is 0 Å². The van der Waals surface area contributed by atoms with Gasteiger partial charge in [0.1, 0.15) is 0 Å². The molecule has 1 aliphatic heterocycles. The van der Waals surface area contributed by atoms with Gasteiger partial charge in [0.15, 0.2) is 10.8 Å². The number of rotatable bonds is 5. The second-order valence-corrected chi connectivity index (χ2v) is 6.65. The molecule has 0 aromatic carbocycles. The van der Waals surface area contributed by atoms with E-state index in [-0.39, 0.29) is 0 Å². The van der Waals surface area contributed by atoms with Gasteiger partial charge in [-0.15, -0.1) is 11.3 Å². The third-order valence-electron chi connectivity index (χ3n) is 4.10. The van der Waals surface area contributed by atoms with E-state index in [1.165, 1.54) is 25.2 Å². The lowest BCUT2D eigenvalue weighted by molar-refractivity contribution is 0.395. The van der Waals surface area contributed by atoms with E-state index in [9.17, 15) is 0 Å². The summed E-state index contributed by atoms with van der Waals surface area (Å²) in [6.07, 6.45) is 4.26. The number of hydrogen-bond donors (Lipinski definition) is 1. The predicted molar refractivity (Wildman–Crippen MR) is 84.7 cm³/mol. The largest absolute Gasteiger partial charge is 0.358 e. The average Bonchev–Trinajstić information content (AvgIpc) is 3.08. The van der Waals surface area contributed by atoms with Gasteiger partial charge in [-0.3, -0.25) is 4.40 Å². The van der Waals surface area contributed by atoms with Gasteiger partial charge in [-0.05, 0) is 32.5 Å². The Hall–Kier alpha value is -1.11.